The van der Waals surface area contributed by atoms with E-state index in [9.17, 15) is 14.7 Å². The Morgan fingerprint density at radius 2 is 1.41 bits per heavy atom. The van der Waals surface area contributed by atoms with Crippen molar-refractivity contribution in [3.05, 3.63) is 78.9 Å². The quantitative estimate of drug-likeness (QED) is 0.0630. The fourth-order valence-corrected chi connectivity index (χ4v) is 8.09. The summed E-state index contributed by atoms with van der Waals surface area (Å²) in [7, 11) is 0. The second kappa shape index (κ2) is 15.4. The van der Waals surface area contributed by atoms with Crippen molar-refractivity contribution in [1.82, 2.24) is 4.57 Å². The lowest BCUT2D eigenvalue weighted by Crippen LogP contribution is -2.41. The molecule has 0 spiro atoms. The normalized spacial score (nSPS) is 14.9. The van der Waals surface area contributed by atoms with Crippen molar-refractivity contribution < 1.29 is 24.2 Å². The standard InChI is InChI=1S/C35H41NO5S3/c1-5-34(3,31(38)41-21-22-43-33(42)44-26-13-7-6-8-14-26)24-35(4,32(39)40-20-19-37)23-25(2)36-29-17-11-9-15-27(29)28-16-10-12-18-30(28)36/h6-18,25,37H,5,19-24H2,1-4H3. The summed E-state index contributed by atoms with van der Waals surface area (Å²) in [5.41, 5.74) is 0.238. The number of ether oxygens (including phenoxy) is 2. The molecule has 0 saturated carbocycles. The summed E-state index contributed by atoms with van der Waals surface area (Å²) >= 11 is 8.50. The zero-order valence-electron chi connectivity index (χ0n) is 25.8. The number of esters is 2. The van der Waals surface area contributed by atoms with Crippen LogP contribution in [-0.4, -0.2) is 50.7 Å². The minimum atomic E-state index is -1.02. The highest BCUT2D eigenvalue weighted by Gasteiger charge is 2.46. The van der Waals surface area contributed by atoms with Gasteiger partial charge < -0.3 is 19.1 Å². The van der Waals surface area contributed by atoms with E-state index in [0.29, 0.717) is 18.6 Å². The van der Waals surface area contributed by atoms with Crippen molar-refractivity contribution in [1.29, 1.82) is 0 Å². The minimum Gasteiger partial charge on any atom is -0.464 e. The maximum atomic E-state index is 13.6. The molecule has 6 nitrogen and oxygen atoms in total. The first kappa shape index (κ1) is 34.0. The van der Waals surface area contributed by atoms with Crippen LogP contribution in [0.2, 0.25) is 0 Å². The molecule has 3 atom stereocenters. The maximum absolute atomic E-state index is 13.6. The molecule has 44 heavy (non-hydrogen) atoms. The molecular formula is C35H41NO5S3. The summed E-state index contributed by atoms with van der Waals surface area (Å²) in [6, 6.07) is 26.4. The Bertz CT molecular complexity index is 1540. The third-order valence-corrected chi connectivity index (χ3v) is 10.6. The van der Waals surface area contributed by atoms with Gasteiger partial charge in [-0.25, -0.2) is 0 Å². The molecule has 4 rings (SSSR count). The predicted molar refractivity (Wildman–Crippen MR) is 186 cm³/mol. The molecule has 4 aromatic rings. The maximum Gasteiger partial charge on any atom is 0.311 e. The molecule has 0 aliphatic rings. The van der Waals surface area contributed by atoms with Gasteiger partial charge in [0.1, 0.15) is 16.7 Å². The Labute approximate surface area is 273 Å². The second-order valence-electron chi connectivity index (χ2n) is 11.6. The molecule has 1 heterocycles. The Balaban J connectivity index is 1.49. The fraction of sp³-hybridized carbons (Fsp3) is 0.400. The van der Waals surface area contributed by atoms with E-state index < -0.39 is 16.8 Å². The van der Waals surface area contributed by atoms with Crippen molar-refractivity contribution in [2.75, 3.05) is 25.6 Å². The number of carbonyl (C=O) groups is 2. The molecule has 0 fully saturated rings. The first-order valence-electron chi connectivity index (χ1n) is 14.9. The molecule has 0 aliphatic carbocycles. The molecule has 0 aliphatic heterocycles. The fourth-order valence-electron chi connectivity index (χ4n) is 5.96. The molecule has 3 aromatic carbocycles. The molecule has 234 valence electrons. The van der Waals surface area contributed by atoms with Crippen LogP contribution < -0.4 is 0 Å². The summed E-state index contributed by atoms with van der Waals surface area (Å²) in [5, 5.41) is 11.7. The van der Waals surface area contributed by atoms with Gasteiger partial charge in [0.2, 0.25) is 0 Å². The number of aliphatic hydroxyl groups excluding tert-OH is 1. The highest BCUT2D eigenvalue weighted by Crippen LogP contribution is 2.45. The Kier molecular flexibility index (Phi) is 11.9. The number of fused-ring (bicyclic) bond motifs is 3. The number of rotatable bonds is 14. The first-order valence-corrected chi connectivity index (χ1v) is 17.2. The molecule has 1 aromatic heterocycles. The van der Waals surface area contributed by atoms with E-state index in [4.69, 9.17) is 21.7 Å². The van der Waals surface area contributed by atoms with Gasteiger partial charge in [0, 0.05) is 38.5 Å². The monoisotopic (exact) mass is 651 g/mol. The van der Waals surface area contributed by atoms with E-state index >= 15 is 0 Å². The lowest BCUT2D eigenvalue weighted by Gasteiger charge is -2.38. The number of hydrogen-bond acceptors (Lipinski definition) is 8. The summed E-state index contributed by atoms with van der Waals surface area (Å²) < 4.78 is 14.3. The van der Waals surface area contributed by atoms with Crippen LogP contribution in [0.3, 0.4) is 0 Å². The average molecular weight is 652 g/mol. The van der Waals surface area contributed by atoms with Gasteiger partial charge >= 0.3 is 11.9 Å². The molecule has 0 amide bonds. The van der Waals surface area contributed by atoms with Crippen LogP contribution in [0.5, 0.6) is 0 Å². The lowest BCUT2D eigenvalue weighted by molar-refractivity contribution is -0.165. The van der Waals surface area contributed by atoms with E-state index in [1.807, 2.05) is 75.4 Å². The van der Waals surface area contributed by atoms with Crippen LogP contribution in [0, 0.1) is 10.8 Å². The van der Waals surface area contributed by atoms with Gasteiger partial charge in [-0.2, -0.15) is 0 Å². The summed E-state index contributed by atoms with van der Waals surface area (Å²) in [6.45, 7) is 7.64. The number of thiocarbonyl (C=S) groups is 1. The van der Waals surface area contributed by atoms with E-state index in [1.165, 1.54) is 23.5 Å². The Hall–Kier alpha value is -2.85. The number of hydrogen-bond donors (Lipinski definition) is 1. The highest BCUT2D eigenvalue weighted by molar-refractivity contribution is 8.47. The van der Waals surface area contributed by atoms with Gasteiger partial charge in [0.05, 0.1) is 17.4 Å². The first-order chi connectivity index (χ1) is 21.1. The smallest absolute Gasteiger partial charge is 0.311 e. The molecule has 9 heteroatoms. The number of para-hydroxylation sites is 2. The van der Waals surface area contributed by atoms with Crippen molar-refractivity contribution in [2.24, 2.45) is 10.8 Å². The summed E-state index contributed by atoms with van der Waals surface area (Å²) in [5.74, 6) is -0.219. The molecule has 3 unspecified atom stereocenters. The minimum absolute atomic E-state index is 0.0937. The zero-order valence-corrected chi connectivity index (χ0v) is 28.2. The average Bonchev–Trinajstić information content (AvgIpc) is 3.36. The van der Waals surface area contributed by atoms with Crippen LogP contribution in [0.1, 0.15) is 53.0 Å². The summed E-state index contributed by atoms with van der Waals surface area (Å²) in [4.78, 5) is 28.3. The molecule has 0 saturated heterocycles. The number of thioether (sulfide) groups is 2. The molecule has 0 bridgehead atoms. The van der Waals surface area contributed by atoms with E-state index in [0.717, 1.165) is 30.2 Å². The third kappa shape index (κ3) is 8.05. The van der Waals surface area contributed by atoms with E-state index in [2.05, 4.69) is 35.8 Å². The zero-order chi connectivity index (χ0) is 31.7. The molecule has 0 radical (unpaired) electrons. The van der Waals surface area contributed by atoms with E-state index in [1.54, 1.807) is 0 Å². The van der Waals surface area contributed by atoms with Crippen LogP contribution in [0.15, 0.2) is 83.8 Å². The van der Waals surface area contributed by atoms with Crippen molar-refractivity contribution in [3.8, 4) is 0 Å². The van der Waals surface area contributed by atoms with Gasteiger partial charge in [-0.3, -0.25) is 9.59 Å². The molecule has 1 N–H and O–H groups in total. The topological polar surface area (TPSA) is 77.8 Å². The second-order valence-corrected chi connectivity index (χ2v) is 15.0. The predicted octanol–water partition coefficient (Wildman–Crippen LogP) is 8.45. The van der Waals surface area contributed by atoms with Gasteiger partial charge in [-0.1, -0.05) is 85.5 Å². The van der Waals surface area contributed by atoms with Gasteiger partial charge in [0.15, 0.2) is 0 Å². The Morgan fingerprint density at radius 1 is 0.864 bits per heavy atom. The van der Waals surface area contributed by atoms with Crippen molar-refractivity contribution in [3.63, 3.8) is 0 Å². The van der Waals surface area contributed by atoms with Gasteiger partial charge in [-0.15, -0.1) is 11.8 Å². The van der Waals surface area contributed by atoms with Crippen molar-refractivity contribution >= 4 is 73.0 Å². The van der Waals surface area contributed by atoms with Crippen molar-refractivity contribution in [2.45, 2.75) is 57.9 Å². The lowest BCUT2D eigenvalue weighted by atomic mass is 9.69. The van der Waals surface area contributed by atoms with Crippen LogP contribution in [0.25, 0.3) is 21.8 Å². The number of aliphatic hydroxyl groups is 1. The summed E-state index contributed by atoms with van der Waals surface area (Å²) in [6.07, 6.45) is 1.17. The SMILES string of the molecule is CCC(C)(CC(C)(CC(C)n1c2ccccc2c2ccccc21)C(=O)OCCO)C(=O)OCCSC(=S)Sc1ccccc1. The highest BCUT2D eigenvalue weighted by atomic mass is 32.2. The largest absolute Gasteiger partial charge is 0.464 e. The van der Waals surface area contributed by atoms with Gasteiger partial charge in [-0.05, 0) is 64.3 Å². The third-order valence-electron chi connectivity index (χ3n) is 8.16. The molecular weight excluding hydrogens is 611 g/mol. The Morgan fingerprint density at radius 3 is 2.00 bits per heavy atom. The number of nitrogens with zero attached hydrogens (tertiary/aromatic N) is 1. The van der Waals surface area contributed by atoms with Crippen LogP contribution >= 0.6 is 35.7 Å². The van der Waals surface area contributed by atoms with Crippen LogP contribution in [0.4, 0.5) is 0 Å². The van der Waals surface area contributed by atoms with E-state index in [-0.39, 0.29) is 38.3 Å². The number of carbonyl (C=O) groups excluding carboxylic acids is 2. The number of benzene rings is 3. The number of aromatic nitrogens is 1. The van der Waals surface area contributed by atoms with Gasteiger partial charge in [0.25, 0.3) is 0 Å². The van der Waals surface area contributed by atoms with Crippen LogP contribution in [-0.2, 0) is 19.1 Å².